The molecule has 0 aliphatic carbocycles. The average Bonchev–Trinajstić information content (AvgIpc) is 2.68. The molecular weight excluding hydrogens is 161 g/mol. The second-order valence-corrected chi connectivity index (χ2v) is 2.28. The third kappa shape index (κ3) is 1.88. The summed E-state index contributed by atoms with van der Waals surface area (Å²) in [7, 11) is 2.00. The molecule has 0 saturated heterocycles. The van der Waals surface area contributed by atoms with Crippen LogP contribution in [0.15, 0.2) is 24.8 Å². The van der Waals surface area contributed by atoms with Gasteiger partial charge in [-0.05, 0) is 5.59 Å². The molecular formula is C9H13BN3. The molecule has 0 bridgehead atoms. The molecule has 0 spiro atoms. The fourth-order valence-corrected chi connectivity index (χ4v) is 1.08. The Morgan fingerprint density at radius 1 is 1.31 bits per heavy atom. The summed E-state index contributed by atoms with van der Waals surface area (Å²) in [6.45, 7) is 5.98. The molecule has 0 aliphatic heterocycles. The van der Waals surface area contributed by atoms with Crippen LogP contribution < -0.4 is 5.59 Å². The first kappa shape index (κ1) is 9.77. The van der Waals surface area contributed by atoms with E-state index in [-0.39, 0.29) is 0 Å². The molecule has 0 saturated carbocycles. The number of fused-ring (bicyclic) bond motifs is 1. The highest BCUT2D eigenvalue weighted by molar-refractivity contribution is 6.50. The molecule has 3 nitrogen and oxygen atoms in total. The van der Waals surface area contributed by atoms with Gasteiger partial charge in [-0.3, -0.25) is 4.98 Å². The Kier molecular flexibility index (Phi) is 3.49. The van der Waals surface area contributed by atoms with Crippen molar-refractivity contribution in [2.24, 2.45) is 0 Å². The minimum Gasteiger partial charge on any atom is -0.311 e. The van der Waals surface area contributed by atoms with Gasteiger partial charge in [0.25, 0.3) is 0 Å². The Labute approximate surface area is 79.1 Å². The van der Waals surface area contributed by atoms with E-state index in [1.807, 2.05) is 44.7 Å². The van der Waals surface area contributed by atoms with Gasteiger partial charge in [-0.15, -0.1) is 0 Å². The second-order valence-electron chi connectivity index (χ2n) is 2.28. The summed E-state index contributed by atoms with van der Waals surface area (Å²) in [5, 5.41) is 0. The van der Waals surface area contributed by atoms with Crippen LogP contribution >= 0.6 is 0 Å². The monoisotopic (exact) mass is 174 g/mol. The molecule has 0 fully saturated rings. The van der Waals surface area contributed by atoms with Crippen LogP contribution in [0.4, 0.5) is 0 Å². The highest BCUT2D eigenvalue weighted by atomic mass is 15.0. The molecule has 2 aromatic rings. The molecule has 2 heterocycles. The lowest BCUT2D eigenvalue weighted by Gasteiger charge is -1.98. The lowest BCUT2D eigenvalue weighted by molar-refractivity contribution is 1.17. The Morgan fingerprint density at radius 2 is 2.08 bits per heavy atom. The summed E-state index contributed by atoms with van der Waals surface area (Å²) >= 11 is 0. The van der Waals surface area contributed by atoms with Gasteiger partial charge in [-0.1, -0.05) is 20.7 Å². The van der Waals surface area contributed by atoms with Crippen LogP contribution in [0.1, 0.15) is 13.8 Å². The van der Waals surface area contributed by atoms with Gasteiger partial charge in [-0.2, -0.15) is 0 Å². The minimum atomic E-state index is 0.889. The van der Waals surface area contributed by atoms with Gasteiger partial charge < -0.3 is 4.40 Å². The molecule has 13 heavy (non-hydrogen) atoms. The molecule has 0 unspecified atom stereocenters. The third-order valence-electron chi connectivity index (χ3n) is 1.64. The van der Waals surface area contributed by atoms with Gasteiger partial charge in [0.2, 0.25) is 0 Å². The van der Waals surface area contributed by atoms with Crippen molar-refractivity contribution in [3.8, 4) is 0 Å². The minimum absolute atomic E-state index is 0.889. The summed E-state index contributed by atoms with van der Waals surface area (Å²) in [6.07, 6.45) is 7.25. The highest BCUT2D eigenvalue weighted by Crippen LogP contribution is 1.92. The summed E-state index contributed by atoms with van der Waals surface area (Å²) in [4.78, 5) is 8.15. The molecule has 4 heteroatoms. The smallest absolute Gasteiger partial charge is 0.174 e. The first-order chi connectivity index (χ1) is 6.42. The van der Waals surface area contributed by atoms with Crippen molar-refractivity contribution >= 4 is 18.5 Å². The Balaban J connectivity index is 0.000000396. The molecule has 0 aliphatic rings. The summed E-state index contributed by atoms with van der Waals surface area (Å²) < 4.78 is 1.99. The van der Waals surface area contributed by atoms with E-state index in [9.17, 15) is 0 Å². The van der Waals surface area contributed by atoms with Gasteiger partial charge in [0, 0.05) is 18.6 Å². The van der Waals surface area contributed by atoms with Crippen LogP contribution in [0.2, 0.25) is 6.82 Å². The largest absolute Gasteiger partial charge is 0.311 e. The molecule has 67 valence electrons. The zero-order chi connectivity index (χ0) is 9.68. The number of aromatic nitrogens is 3. The molecule has 1 radical (unpaired) electrons. The molecule has 2 aromatic heterocycles. The predicted octanol–water partition coefficient (Wildman–Crippen LogP) is 1.13. The van der Waals surface area contributed by atoms with Crippen molar-refractivity contribution < 1.29 is 0 Å². The van der Waals surface area contributed by atoms with Crippen molar-refractivity contribution in [1.82, 2.24) is 14.4 Å². The summed E-state index contributed by atoms with van der Waals surface area (Å²) in [5.41, 5.74) is 1.96. The van der Waals surface area contributed by atoms with Gasteiger partial charge in [0.1, 0.15) is 0 Å². The van der Waals surface area contributed by atoms with Crippen LogP contribution in [-0.4, -0.2) is 21.6 Å². The maximum Gasteiger partial charge on any atom is 0.174 e. The van der Waals surface area contributed by atoms with Crippen LogP contribution in [0.5, 0.6) is 0 Å². The van der Waals surface area contributed by atoms with E-state index >= 15 is 0 Å². The lowest BCUT2D eigenvalue weighted by Crippen LogP contribution is -2.19. The van der Waals surface area contributed by atoms with Crippen LogP contribution in [-0.2, 0) is 0 Å². The molecule has 2 rings (SSSR count). The van der Waals surface area contributed by atoms with Crippen LogP contribution in [0, 0.1) is 0 Å². The molecule has 0 N–H and O–H groups in total. The maximum atomic E-state index is 4.11. The van der Waals surface area contributed by atoms with E-state index in [0.29, 0.717) is 0 Å². The zero-order valence-corrected chi connectivity index (χ0v) is 8.23. The first-order valence-corrected chi connectivity index (χ1v) is 4.48. The number of rotatable bonds is 1. The Hall–Kier alpha value is -1.32. The molecule has 0 aromatic carbocycles. The van der Waals surface area contributed by atoms with Crippen molar-refractivity contribution in [3.63, 3.8) is 0 Å². The quantitative estimate of drug-likeness (QED) is 0.606. The van der Waals surface area contributed by atoms with E-state index in [2.05, 4.69) is 9.97 Å². The first-order valence-electron chi connectivity index (χ1n) is 4.48. The van der Waals surface area contributed by atoms with Crippen LogP contribution in [0.3, 0.4) is 0 Å². The van der Waals surface area contributed by atoms with E-state index in [1.165, 1.54) is 0 Å². The predicted molar refractivity (Wildman–Crippen MR) is 55.6 cm³/mol. The van der Waals surface area contributed by atoms with Gasteiger partial charge >= 0.3 is 0 Å². The van der Waals surface area contributed by atoms with E-state index in [0.717, 1.165) is 11.2 Å². The number of nitrogens with zero attached hydrogens (tertiary/aromatic N) is 3. The van der Waals surface area contributed by atoms with Crippen molar-refractivity contribution in [2.75, 3.05) is 0 Å². The maximum absolute atomic E-state index is 4.11. The van der Waals surface area contributed by atoms with Crippen molar-refractivity contribution in [2.45, 2.75) is 20.7 Å². The Bertz CT molecular complexity index is 370. The van der Waals surface area contributed by atoms with Gasteiger partial charge in [0.05, 0.1) is 6.20 Å². The fraction of sp³-hybridized carbons (Fsp3) is 0.333. The summed E-state index contributed by atoms with van der Waals surface area (Å²) in [6, 6.07) is 0. The zero-order valence-electron chi connectivity index (χ0n) is 8.23. The Morgan fingerprint density at radius 3 is 2.77 bits per heavy atom. The van der Waals surface area contributed by atoms with Gasteiger partial charge in [0.15, 0.2) is 12.9 Å². The third-order valence-corrected chi connectivity index (χ3v) is 1.64. The van der Waals surface area contributed by atoms with Crippen molar-refractivity contribution in [1.29, 1.82) is 0 Å². The standard InChI is InChI=1S/C7H7BN3.C2H6/c1-8-6-4-9-5-7-10-2-3-11(6)7;1-2/h2-5H,1H3;1-2H3. The van der Waals surface area contributed by atoms with E-state index in [4.69, 9.17) is 0 Å². The SMILES string of the molecule is CC.C[B]c1cncc2nccn12. The van der Waals surface area contributed by atoms with Crippen LogP contribution in [0.25, 0.3) is 5.65 Å². The lowest BCUT2D eigenvalue weighted by atomic mass is 9.78. The van der Waals surface area contributed by atoms with E-state index < -0.39 is 0 Å². The highest BCUT2D eigenvalue weighted by Gasteiger charge is 1.97. The topological polar surface area (TPSA) is 30.2 Å². The number of hydrogen-bond donors (Lipinski definition) is 0. The van der Waals surface area contributed by atoms with Crippen molar-refractivity contribution in [3.05, 3.63) is 24.8 Å². The molecule has 0 amide bonds. The average molecular weight is 174 g/mol. The number of hydrogen-bond acceptors (Lipinski definition) is 2. The molecule has 0 atom stereocenters. The van der Waals surface area contributed by atoms with Gasteiger partial charge in [-0.25, -0.2) is 4.98 Å². The van der Waals surface area contributed by atoms with E-state index in [1.54, 1.807) is 12.4 Å². The second kappa shape index (κ2) is 4.65. The fourth-order valence-electron chi connectivity index (χ4n) is 1.08. The number of imidazole rings is 1. The normalized spacial score (nSPS) is 9.15. The summed E-state index contributed by atoms with van der Waals surface area (Å²) in [5.74, 6) is 0.